The lowest BCUT2D eigenvalue weighted by Crippen LogP contribution is -2.35. The molecule has 0 aromatic carbocycles. The number of aliphatic hydroxyl groups excluding tert-OH is 1. The molecule has 0 aromatic rings. The summed E-state index contributed by atoms with van der Waals surface area (Å²) in [5, 5.41) is 10.1. The van der Waals surface area contributed by atoms with Crippen LogP contribution in [0, 0.1) is 11.8 Å². The summed E-state index contributed by atoms with van der Waals surface area (Å²) in [7, 11) is 0. The summed E-state index contributed by atoms with van der Waals surface area (Å²) in [6, 6.07) is 0. The molecule has 1 N–H and O–H groups in total. The van der Waals surface area contributed by atoms with Crippen molar-refractivity contribution in [3.8, 4) is 0 Å². The van der Waals surface area contributed by atoms with Gasteiger partial charge in [0.2, 0.25) is 0 Å². The maximum Gasteiger partial charge on any atom is 0.0856 e. The first-order chi connectivity index (χ1) is 7.15. The fraction of sp³-hybridized carbons (Fsp3) is 1.00. The molecular weight excluding hydrogens is 188 g/mol. The fourth-order valence-electron chi connectivity index (χ4n) is 2.66. The molecule has 0 radical (unpaired) electrons. The van der Waals surface area contributed by atoms with E-state index < -0.39 is 0 Å². The number of aliphatic hydroxyl groups is 1. The minimum Gasteiger partial charge on any atom is -0.390 e. The molecule has 1 aliphatic rings. The molecule has 15 heavy (non-hydrogen) atoms. The Morgan fingerprint density at radius 2 is 1.87 bits per heavy atom. The van der Waals surface area contributed by atoms with Gasteiger partial charge in [-0.3, -0.25) is 0 Å². The zero-order valence-electron chi connectivity index (χ0n) is 10.4. The summed E-state index contributed by atoms with van der Waals surface area (Å²) in [6.45, 7) is 6.94. The monoisotopic (exact) mass is 214 g/mol. The third-order valence-corrected chi connectivity index (χ3v) is 3.44. The van der Waals surface area contributed by atoms with Gasteiger partial charge >= 0.3 is 0 Å². The highest BCUT2D eigenvalue weighted by molar-refractivity contribution is 4.78. The van der Waals surface area contributed by atoms with Gasteiger partial charge in [-0.15, -0.1) is 0 Å². The molecule has 2 unspecified atom stereocenters. The minimum absolute atomic E-state index is 0.0237. The maximum absolute atomic E-state index is 10.1. The van der Waals surface area contributed by atoms with Crippen LogP contribution in [0.2, 0.25) is 0 Å². The number of hydrogen-bond acceptors (Lipinski definition) is 2. The smallest absolute Gasteiger partial charge is 0.0856 e. The largest absolute Gasteiger partial charge is 0.390 e. The second-order valence-electron chi connectivity index (χ2n) is 5.12. The second kappa shape index (κ2) is 6.49. The molecule has 2 atom stereocenters. The van der Waals surface area contributed by atoms with Crippen LogP contribution in [0.4, 0.5) is 0 Å². The number of hydrogen-bond donors (Lipinski definition) is 1. The average Bonchev–Trinajstić information content (AvgIpc) is 2.65. The Labute approximate surface area is 94.0 Å². The summed E-state index contributed by atoms with van der Waals surface area (Å²) in [5.41, 5.74) is 0. The highest BCUT2D eigenvalue weighted by atomic mass is 16.5. The van der Waals surface area contributed by atoms with Crippen LogP contribution < -0.4 is 0 Å². The maximum atomic E-state index is 10.1. The highest BCUT2D eigenvalue weighted by Gasteiger charge is 2.27. The molecule has 0 aromatic heterocycles. The van der Waals surface area contributed by atoms with Gasteiger partial charge in [0.1, 0.15) is 0 Å². The minimum atomic E-state index is -0.270. The van der Waals surface area contributed by atoms with Crippen LogP contribution >= 0.6 is 0 Å². The molecule has 0 saturated heterocycles. The molecule has 1 fully saturated rings. The van der Waals surface area contributed by atoms with Crippen molar-refractivity contribution in [3.63, 3.8) is 0 Å². The van der Waals surface area contributed by atoms with E-state index in [2.05, 4.69) is 13.8 Å². The summed E-state index contributed by atoms with van der Waals surface area (Å²) in [5.74, 6) is 1.14. The van der Waals surface area contributed by atoms with Crippen molar-refractivity contribution in [1.82, 2.24) is 0 Å². The van der Waals surface area contributed by atoms with Crippen molar-refractivity contribution in [1.29, 1.82) is 0 Å². The third-order valence-electron chi connectivity index (χ3n) is 3.44. The lowest BCUT2D eigenvalue weighted by Gasteiger charge is -2.27. The third kappa shape index (κ3) is 4.12. The number of ether oxygens (including phenoxy) is 1. The molecule has 0 heterocycles. The van der Waals surface area contributed by atoms with E-state index in [9.17, 15) is 5.11 Å². The van der Waals surface area contributed by atoms with Crippen LogP contribution in [0.3, 0.4) is 0 Å². The summed E-state index contributed by atoms with van der Waals surface area (Å²) >= 11 is 0. The van der Waals surface area contributed by atoms with Gasteiger partial charge in [0.25, 0.3) is 0 Å². The Bertz CT molecular complexity index is 162. The SMILES string of the molecule is CCOC(C(C)C)C(O)CC1CCCC1. The predicted octanol–water partition coefficient (Wildman–Crippen LogP) is 2.99. The van der Waals surface area contributed by atoms with Gasteiger partial charge in [-0.2, -0.15) is 0 Å². The summed E-state index contributed by atoms with van der Waals surface area (Å²) in [4.78, 5) is 0. The summed E-state index contributed by atoms with van der Waals surface area (Å²) < 4.78 is 5.63. The van der Waals surface area contributed by atoms with Gasteiger partial charge in [-0.05, 0) is 25.2 Å². The van der Waals surface area contributed by atoms with Gasteiger partial charge in [0.15, 0.2) is 0 Å². The normalized spacial score (nSPS) is 22.2. The van der Waals surface area contributed by atoms with Crippen LogP contribution in [-0.2, 0) is 4.74 Å². The van der Waals surface area contributed by atoms with Gasteiger partial charge < -0.3 is 9.84 Å². The Morgan fingerprint density at radius 3 is 2.33 bits per heavy atom. The van der Waals surface area contributed by atoms with E-state index in [1.807, 2.05) is 6.92 Å². The van der Waals surface area contributed by atoms with Crippen molar-refractivity contribution in [3.05, 3.63) is 0 Å². The molecule has 2 heteroatoms. The average molecular weight is 214 g/mol. The standard InChI is InChI=1S/C13H26O2/c1-4-15-13(10(2)3)12(14)9-11-7-5-6-8-11/h10-14H,4-9H2,1-3H3. The zero-order valence-corrected chi connectivity index (χ0v) is 10.4. The Hall–Kier alpha value is -0.0800. The van der Waals surface area contributed by atoms with Crippen molar-refractivity contribution in [2.45, 2.75) is 65.1 Å². The predicted molar refractivity (Wildman–Crippen MR) is 62.8 cm³/mol. The zero-order chi connectivity index (χ0) is 11.3. The van der Waals surface area contributed by atoms with Crippen molar-refractivity contribution < 1.29 is 9.84 Å². The topological polar surface area (TPSA) is 29.5 Å². The van der Waals surface area contributed by atoms with Gasteiger partial charge in [0, 0.05) is 6.61 Å². The van der Waals surface area contributed by atoms with E-state index in [0.29, 0.717) is 12.5 Å². The van der Waals surface area contributed by atoms with Crippen molar-refractivity contribution >= 4 is 0 Å². The van der Waals surface area contributed by atoms with Crippen LogP contribution in [0.15, 0.2) is 0 Å². The van der Waals surface area contributed by atoms with E-state index in [1.165, 1.54) is 25.7 Å². The van der Waals surface area contributed by atoms with Crippen molar-refractivity contribution in [2.75, 3.05) is 6.61 Å². The Kier molecular flexibility index (Phi) is 5.62. The molecule has 0 bridgehead atoms. The van der Waals surface area contributed by atoms with E-state index in [0.717, 1.165) is 12.3 Å². The second-order valence-corrected chi connectivity index (χ2v) is 5.12. The van der Waals surface area contributed by atoms with Gasteiger partial charge in [0.05, 0.1) is 12.2 Å². The molecule has 0 spiro atoms. The van der Waals surface area contributed by atoms with Crippen LogP contribution in [-0.4, -0.2) is 23.9 Å². The van der Waals surface area contributed by atoms with Gasteiger partial charge in [-0.1, -0.05) is 39.5 Å². The molecule has 1 aliphatic carbocycles. The lowest BCUT2D eigenvalue weighted by molar-refractivity contribution is -0.0647. The molecule has 0 amide bonds. The van der Waals surface area contributed by atoms with E-state index in [4.69, 9.17) is 4.74 Å². The first-order valence-corrected chi connectivity index (χ1v) is 6.44. The Balaban J connectivity index is 2.36. The van der Waals surface area contributed by atoms with Gasteiger partial charge in [-0.25, -0.2) is 0 Å². The first kappa shape index (κ1) is 13.0. The highest BCUT2D eigenvalue weighted by Crippen LogP contribution is 2.30. The molecule has 1 rings (SSSR count). The van der Waals surface area contributed by atoms with E-state index in [-0.39, 0.29) is 12.2 Å². The van der Waals surface area contributed by atoms with Crippen LogP contribution in [0.25, 0.3) is 0 Å². The molecule has 90 valence electrons. The van der Waals surface area contributed by atoms with Crippen molar-refractivity contribution in [2.24, 2.45) is 11.8 Å². The first-order valence-electron chi connectivity index (χ1n) is 6.44. The van der Waals surface area contributed by atoms with E-state index >= 15 is 0 Å². The molecule has 0 aliphatic heterocycles. The fourth-order valence-corrected chi connectivity index (χ4v) is 2.66. The number of rotatable bonds is 6. The lowest BCUT2D eigenvalue weighted by atomic mass is 9.92. The molecule has 2 nitrogen and oxygen atoms in total. The molecule has 1 saturated carbocycles. The van der Waals surface area contributed by atoms with Crippen LogP contribution in [0.5, 0.6) is 0 Å². The van der Waals surface area contributed by atoms with Crippen LogP contribution in [0.1, 0.15) is 52.9 Å². The van der Waals surface area contributed by atoms with E-state index in [1.54, 1.807) is 0 Å². The molecular formula is C13H26O2. The quantitative estimate of drug-likeness (QED) is 0.736. The Morgan fingerprint density at radius 1 is 1.27 bits per heavy atom. The summed E-state index contributed by atoms with van der Waals surface area (Å²) in [6.07, 6.45) is 5.98.